The van der Waals surface area contributed by atoms with Gasteiger partial charge in [-0.3, -0.25) is 9.48 Å². The summed E-state index contributed by atoms with van der Waals surface area (Å²) < 4.78 is 12.7. The Morgan fingerprint density at radius 3 is 3.13 bits per heavy atom. The van der Waals surface area contributed by atoms with Gasteiger partial charge in [0.05, 0.1) is 12.6 Å². The fourth-order valence-electron chi connectivity index (χ4n) is 2.64. The zero-order chi connectivity index (χ0) is 16.1. The first-order valence-electron chi connectivity index (χ1n) is 7.68. The van der Waals surface area contributed by atoms with Gasteiger partial charge in [0.15, 0.2) is 5.15 Å². The van der Waals surface area contributed by atoms with Crippen LogP contribution in [0, 0.1) is 0 Å². The number of hydrogen-bond acceptors (Lipinski definition) is 5. The van der Waals surface area contributed by atoms with E-state index in [1.807, 2.05) is 21.8 Å². The van der Waals surface area contributed by atoms with E-state index in [0.29, 0.717) is 50.0 Å². The highest BCUT2D eigenvalue weighted by Crippen LogP contribution is 2.13. The zero-order valence-corrected chi connectivity index (χ0v) is 13.5. The van der Waals surface area contributed by atoms with Crippen molar-refractivity contribution in [2.24, 2.45) is 0 Å². The molecule has 1 fully saturated rings. The van der Waals surface area contributed by atoms with Crippen LogP contribution in [-0.4, -0.2) is 51.5 Å². The van der Waals surface area contributed by atoms with Crippen LogP contribution in [-0.2, 0) is 22.5 Å². The van der Waals surface area contributed by atoms with Crippen molar-refractivity contribution in [3.8, 4) is 0 Å². The quantitative estimate of drug-likeness (QED) is 0.830. The summed E-state index contributed by atoms with van der Waals surface area (Å²) in [6.07, 6.45) is 5.31. The van der Waals surface area contributed by atoms with Crippen molar-refractivity contribution in [1.82, 2.24) is 19.8 Å². The number of rotatable bonds is 5. The Morgan fingerprint density at radius 1 is 1.48 bits per heavy atom. The summed E-state index contributed by atoms with van der Waals surface area (Å²) in [7, 11) is 0. The van der Waals surface area contributed by atoms with Crippen LogP contribution in [0.15, 0.2) is 29.0 Å². The zero-order valence-electron chi connectivity index (χ0n) is 12.7. The van der Waals surface area contributed by atoms with Gasteiger partial charge < -0.3 is 14.2 Å². The molecule has 1 saturated heterocycles. The molecule has 1 aliphatic rings. The van der Waals surface area contributed by atoms with E-state index in [1.54, 1.807) is 12.3 Å². The maximum absolute atomic E-state index is 12.4. The molecule has 7 nitrogen and oxygen atoms in total. The summed E-state index contributed by atoms with van der Waals surface area (Å²) in [4.78, 5) is 14.3. The molecule has 2 aromatic heterocycles. The number of amides is 1. The largest absolute Gasteiger partial charge is 0.374 e. The summed E-state index contributed by atoms with van der Waals surface area (Å²) >= 11 is 5.71. The molecular weight excluding hydrogens is 320 g/mol. The third-order valence-electron chi connectivity index (χ3n) is 3.77. The molecule has 0 radical (unpaired) electrons. The van der Waals surface area contributed by atoms with Gasteiger partial charge in [0, 0.05) is 51.0 Å². The van der Waals surface area contributed by atoms with Gasteiger partial charge in [-0.25, -0.2) is 0 Å². The second-order valence-electron chi connectivity index (χ2n) is 5.53. The summed E-state index contributed by atoms with van der Waals surface area (Å²) in [5, 5.41) is 8.12. The third-order valence-corrected chi connectivity index (χ3v) is 3.95. The van der Waals surface area contributed by atoms with E-state index >= 15 is 0 Å². The molecule has 8 heteroatoms. The lowest BCUT2D eigenvalue weighted by molar-refractivity contribution is -0.132. The minimum Gasteiger partial charge on any atom is -0.374 e. The van der Waals surface area contributed by atoms with Crippen molar-refractivity contribution in [3.05, 3.63) is 35.4 Å². The molecule has 1 aliphatic heterocycles. The first kappa shape index (κ1) is 16.0. The van der Waals surface area contributed by atoms with Crippen LogP contribution in [0.5, 0.6) is 0 Å². The summed E-state index contributed by atoms with van der Waals surface area (Å²) in [5.74, 6) is 0.719. The standard InChI is InChI=1S/C15H19ClN4O3/c16-14-9-12(23-18-14)3-4-15(21)19-6-2-8-22-13(10-19)11-20-7-1-5-17-20/h1,5,7,9,13H,2-4,6,8,10-11H2/t13-/m1/s1. The van der Waals surface area contributed by atoms with Crippen molar-refractivity contribution >= 4 is 17.5 Å². The molecule has 23 heavy (non-hydrogen) atoms. The molecular formula is C15H19ClN4O3. The van der Waals surface area contributed by atoms with Gasteiger partial charge in [0.25, 0.3) is 0 Å². The lowest BCUT2D eigenvalue weighted by Crippen LogP contribution is -2.38. The molecule has 0 spiro atoms. The van der Waals surface area contributed by atoms with Crippen molar-refractivity contribution in [2.45, 2.75) is 31.9 Å². The number of ether oxygens (including phenoxy) is 1. The van der Waals surface area contributed by atoms with E-state index in [2.05, 4.69) is 10.3 Å². The number of nitrogens with zero attached hydrogens (tertiary/aromatic N) is 4. The molecule has 1 amide bonds. The van der Waals surface area contributed by atoms with Gasteiger partial charge in [-0.05, 0) is 12.5 Å². The monoisotopic (exact) mass is 338 g/mol. The lowest BCUT2D eigenvalue weighted by atomic mass is 10.2. The summed E-state index contributed by atoms with van der Waals surface area (Å²) in [6.45, 7) is 2.60. The maximum atomic E-state index is 12.4. The van der Waals surface area contributed by atoms with E-state index in [9.17, 15) is 4.79 Å². The van der Waals surface area contributed by atoms with Crippen molar-refractivity contribution in [3.63, 3.8) is 0 Å². The number of aryl methyl sites for hydroxylation is 1. The number of hydrogen-bond donors (Lipinski definition) is 0. The number of halogens is 1. The third kappa shape index (κ3) is 4.56. The van der Waals surface area contributed by atoms with Crippen LogP contribution in [0.2, 0.25) is 5.15 Å². The average molecular weight is 339 g/mol. The Hall–Kier alpha value is -1.86. The molecule has 124 valence electrons. The molecule has 0 aromatic carbocycles. The van der Waals surface area contributed by atoms with E-state index in [4.69, 9.17) is 20.9 Å². The van der Waals surface area contributed by atoms with Crippen LogP contribution < -0.4 is 0 Å². The predicted molar refractivity (Wildman–Crippen MR) is 83.0 cm³/mol. The SMILES string of the molecule is O=C(CCc1cc(Cl)no1)N1CCCO[C@@H](Cn2cccn2)C1. The minimum atomic E-state index is -0.0407. The van der Waals surface area contributed by atoms with Crippen LogP contribution >= 0.6 is 11.6 Å². The fourth-order valence-corrected chi connectivity index (χ4v) is 2.80. The minimum absolute atomic E-state index is 0.0407. The second-order valence-corrected chi connectivity index (χ2v) is 5.92. The Bertz CT molecular complexity index is 628. The average Bonchev–Trinajstić information content (AvgIpc) is 3.13. The van der Waals surface area contributed by atoms with E-state index < -0.39 is 0 Å². The van der Waals surface area contributed by atoms with Crippen molar-refractivity contribution < 1.29 is 14.1 Å². The van der Waals surface area contributed by atoms with Gasteiger partial charge in [-0.2, -0.15) is 5.10 Å². The van der Waals surface area contributed by atoms with E-state index in [1.165, 1.54) is 0 Å². The fraction of sp³-hybridized carbons (Fsp3) is 0.533. The molecule has 2 aromatic rings. The van der Waals surface area contributed by atoms with Gasteiger partial charge >= 0.3 is 0 Å². The number of carbonyl (C=O) groups is 1. The Kier molecular flexibility index (Phi) is 5.30. The van der Waals surface area contributed by atoms with Crippen LogP contribution in [0.1, 0.15) is 18.6 Å². The molecule has 0 bridgehead atoms. The molecule has 3 rings (SSSR count). The van der Waals surface area contributed by atoms with Crippen LogP contribution in [0.3, 0.4) is 0 Å². The van der Waals surface area contributed by atoms with Gasteiger partial charge in [0.1, 0.15) is 5.76 Å². The van der Waals surface area contributed by atoms with Crippen molar-refractivity contribution in [2.75, 3.05) is 19.7 Å². The molecule has 0 aliphatic carbocycles. The first-order valence-corrected chi connectivity index (χ1v) is 8.06. The highest BCUT2D eigenvalue weighted by atomic mass is 35.5. The molecule has 0 unspecified atom stereocenters. The second kappa shape index (κ2) is 7.61. The van der Waals surface area contributed by atoms with E-state index in [-0.39, 0.29) is 12.0 Å². The molecule has 0 N–H and O–H groups in total. The van der Waals surface area contributed by atoms with Gasteiger partial charge in [-0.15, -0.1) is 0 Å². The Balaban J connectivity index is 1.53. The summed E-state index contributed by atoms with van der Waals surface area (Å²) in [5.41, 5.74) is 0. The maximum Gasteiger partial charge on any atom is 0.223 e. The normalized spacial score (nSPS) is 18.8. The number of carbonyl (C=O) groups excluding carboxylic acids is 1. The van der Waals surface area contributed by atoms with E-state index in [0.717, 1.165) is 6.42 Å². The smallest absolute Gasteiger partial charge is 0.223 e. The number of aromatic nitrogens is 3. The predicted octanol–water partition coefficient (Wildman–Crippen LogP) is 1.77. The van der Waals surface area contributed by atoms with Crippen molar-refractivity contribution in [1.29, 1.82) is 0 Å². The highest BCUT2D eigenvalue weighted by Gasteiger charge is 2.23. The topological polar surface area (TPSA) is 73.4 Å². The molecule has 1 atom stereocenters. The molecule has 3 heterocycles. The van der Waals surface area contributed by atoms with Crippen LogP contribution in [0.25, 0.3) is 0 Å². The van der Waals surface area contributed by atoms with Gasteiger partial charge in [0.2, 0.25) is 5.91 Å². The van der Waals surface area contributed by atoms with Crippen LogP contribution in [0.4, 0.5) is 0 Å². The Labute approximate surface area is 139 Å². The lowest BCUT2D eigenvalue weighted by Gasteiger charge is -2.24. The molecule has 0 saturated carbocycles. The van der Waals surface area contributed by atoms with Gasteiger partial charge in [-0.1, -0.05) is 16.8 Å². The highest BCUT2D eigenvalue weighted by molar-refractivity contribution is 6.29. The first-order chi connectivity index (χ1) is 11.2. The Morgan fingerprint density at radius 2 is 2.39 bits per heavy atom. The summed E-state index contributed by atoms with van der Waals surface area (Å²) in [6, 6.07) is 3.52.